The van der Waals surface area contributed by atoms with Gasteiger partial charge in [0.2, 0.25) is 0 Å². The lowest BCUT2D eigenvalue weighted by molar-refractivity contribution is 0.0491. The predicted molar refractivity (Wildman–Crippen MR) is 74.5 cm³/mol. The number of aryl methyl sites for hydroxylation is 2. The number of hydrogen-bond donors (Lipinski definition) is 1. The molecule has 1 aliphatic carbocycles. The van der Waals surface area contributed by atoms with E-state index < -0.39 is 0 Å². The van der Waals surface area contributed by atoms with Gasteiger partial charge in [-0.1, -0.05) is 37.6 Å². The average Bonchev–Trinajstić information content (AvgIpc) is 2.31. The van der Waals surface area contributed by atoms with Crippen molar-refractivity contribution in [1.82, 2.24) is 5.32 Å². The van der Waals surface area contributed by atoms with Gasteiger partial charge in [0.25, 0.3) is 0 Å². The summed E-state index contributed by atoms with van der Waals surface area (Å²) in [7, 11) is 2.10. The Labute approximate surface area is 106 Å². The zero-order chi connectivity index (χ0) is 12.6. The van der Waals surface area contributed by atoms with Crippen LogP contribution in [0.1, 0.15) is 49.3 Å². The molecule has 1 N–H and O–H groups in total. The van der Waals surface area contributed by atoms with E-state index >= 15 is 0 Å². The van der Waals surface area contributed by atoms with Crippen LogP contribution >= 0.6 is 0 Å². The van der Waals surface area contributed by atoms with Gasteiger partial charge in [-0.2, -0.15) is 0 Å². The maximum Gasteiger partial charge on any atom is 0.0130 e. The van der Waals surface area contributed by atoms with E-state index in [0.717, 1.165) is 5.92 Å². The van der Waals surface area contributed by atoms with Gasteiger partial charge in [0.05, 0.1) is 0 Å². The predicted octanol–water partition coefficient (Wildman–Crippen LogP) is 3.80. The first-order valence-electron chi connectivity index (χ1n) is 6.77. The highest BCUT2D eigenvalue weighted by atomic mass is 14.9. The highest BCUT2D eigenvalue weighted by molar-refractivity contribution is 5.37. The van der Waals surface area contributed by atoms with Crippen LogP contribution in [0.4, 0.5) is 0 Å². The Balaban J connectivity index is 2.33. The van der Waals surface area contributed by atoms with Crippen molar-refractivity contribution in [3.05, 3.63) is 34.9 Å². The summed E-state index contributed by atoms with van der Waals surface area (Å²) in [5.41, 5.74) is 4.83. The summed E-state index contributed by atoms with van der Waals surface area (Å²) < 4.78 is 0. The van der Waals surface area contributed by atoms with Crippen LogP contribution in [-0.2, 0) is 0 Å². The molecule has 1 heteroatoms. The van der Waals surface area contributed by atoms with E-state index in [2.05, 4.69) is 58.3 Å². The maximum absolute atomic E-state index is 3.48. The van der Waals surface area contributed by atoms with E-state index in [9.17, 15) is 0 Å². The van der Waals surface area contributed by atoms with Gasteiger partial charge in [-0.25, -0.2) is 0 Å². The molecule has 1 fully saturated rings. The van der Waals surface area contributed by atoms with Gasteiger partial charge in [0.15, 0.2) is 0 Å². The molecule has 3 unspecified atom stereocenters. The third kappa shape index (κ3) is 1.91. The summed E-state index contributed by atoms with van der Waals surface area (Å²) in [4.78, 5) is 0. The molecule has 1 aliphatic rings. The molecule has 0 spiro atoms. The van der Waals surface area contributed by atoms with Crippen LogP contribution in [0.15, 0.2) is 18.2 Å². The topological polar surface area (TPSA) is 12.0 Å². The molecule has 0 aliphatic heterocycles. The fourth-order valence-electron chi connectivity index (χ4n) is 3.41. The summed E-state index contributed by atoms with van der Waals surface area (Å²) in [6, 6.07) is 7.56. The molecule has 1 aromatic carbocycles. The summed E-state index contributed by atoms with van der Waals surface area (Å²) in [5, 5.41) is 3.48. The minimum absolute atomic E-state index is 0.424. The van der Waals surface area contributed by atoms with Gasteiger partial charge in [-0.05, 0) is 56.2 Å². The van der Waals surface area contributed by atoms with Gasteiger partial charge in [0.1, 0.15) is 0 Å². The normalized spacial score (nSPS) is 32.3. The molecular formula is C16H25N. The summed E-state index contributed by atoms with van der Waals surface area (Å²) in [5.74, 6) is 0.727. The molecule has 1 aromatic rings. The standard InChI is InChI=1S/C16H25N/c1-6-16(4)14(10-15(16)17-5)13-9-11(2)7-8-12(13)3/h7-9,14-15,17H,6,10H2,1-5H3. The van der Waals surface area contributed by atoms with E-state index in [1.54, 1.807) is 5.56 Å². The van der Waals surface area contributed by atoms with Crippen LogP contribution in [0.3, 0.4) is 0 Å². The zero-order valence-electron chi connectivity index (χ0n) is 11.8. The smallest absolute Gasteiger partial charge is 0.0130 e. The van der Waals surface area contributed by atoms with Crippen molar-refractivity contribution in [3.8, 4) is 0 Å². The molecule has 1 saturated carbocycles. The molecular weight excluding hydrogens is 206 g/mol. The monoisotopic (exact) mass is 231 g/mol. The van der Waals surface area contributed by atoms with Crippen LogP contribution in [0, 0.1) is 19.3 Å². The van der Waals surface area contributed by atoms with Crippen LogP contribution in [-0.4, -0.2) is 13.1 Å². The molecule has 3 atom stereocenters. The lowest BCUT2D eigenvalue weighted by atomic mass is 9.53. The Morgan fingerprint density at radius 1 is 1.35 bits per heavy atom. The van der Waals surface area contributed by atoms with Crippen molar-refractivity contribution in [2.45, 2.75) is 52.5 Å². The van der Waals surface area contributed by atoms with Gasteiger partial charge >= 0.3 is 0 Å². The quantitative estimate of drug-likeness (QED) is 0.834. The summed E-state index contributed by atoms with van der Waals surface area (Å²) in [6.45, 7) is 9.20. The Bertz CT molecular complexity index is 410. The number of rotatable bonds is 3. The minimum Gasteiger partial charge on any atom is -0.316 e. The van der Waals surface area contributed by atoms with Crippen LogP contribution in [0.2, 0.25) is 0 Å². The summed E-state index contributed by atoms with van der Waals surface area (Å²) in [6.07, 6.45) is 2.53. The fraction of sp³-hybridized carbons (Fsp3) is 0.625. The molecule has 0 heterocycles. The van der Waals surface area contributed by atoms with E-state index in [1.165, 1.54) is 24.0 Å². The molecule has 0 amide bonds. The van der Waals surface area contributed by atoms with Crippen molar-refractivity contribution in [2.24, 2.45) is 5.41 Å². The third-order valence-corrected chi connectivity index (χ3v) is 4.98. The lowest BCUT2D eigenvalue weighted by Crippen LogP contribution is -2.55. The fourth-order valence-corrected chi connectivity index (χ4v) is 3.41. The first-order chi connectivity index (χ1) is 8.02. The Morgan fingerprint density at radius 2 is 2.06 bits per heavy atom. The second-order valence-corrected chi connectivity index (χ2v) is 5.85. The SMILES string of the molecule is CCC1(C)C(NC)CC1c1cc(C)ccc1C. The highest BCUT2D eigenvalue weighted by Gasteiger charge is 2.50. The Hall–Kier alpha value is -0.820. The third-order valence-electron chi connectivity index (χ3n) is 4.98. The summed E-state index contributed by atoms with van der Waals surface area (Å²) >= 11 is 0. The van der Waals surface area contributed by atoms with E-state index in [4.69, 9.17) is 0 Å². The Kier molecular flexibility index (Phi) is 3.31. The number of hydrogen-bond acceptors (Lipinski definition) is 1. The molecule has 0 saturated heterocycles. The molecule has 1 nitrogen and oxygen atoms in total. The van der Waals surface area contributed by atoms with E-state index in [-0.39, 0.29) is 0 Å². The van der Waals surface area contributed by atoms with Crippen LogP contribution in [0.25, 0.3) is 0 Å². The van der Waals surface area contributed by atoms with Crippen molar-refractivity contribution in [1.29, 1.82) is 0 Å². The molecule has 2 rings (SSSR count). The van der Waals surface area contributed by atoms with Gasteiger partial charge in [-0.15, -0.1) is 0 Å². The highest BCUT2D eigenvalue weighted by Crippen LogP contribution is 2.55. The van der Waals surface area contributed by atoms with Gasteiger partial charge in [0, 0.05) is 6.04 Å². The molecule has 94 valence electrons. The lowest BCUT2D eigenvalue weighted by Gasteiger charge is -2.55. The van der Waals surface area contributed by atoms with Crippen molar-refractivity contribution >= 4 is 0 Å². The molecule has 0 radical (unpaired) electrons. The van der Waals surface area contributed by atoms with Crippen molar-refractivity contribution in [2.75, 3.05) is 7.05 Å². The number of benzene rings is 1. The van der Waals surface area contributed by atoms with Crippen molar-refractivity contribution < 1.29 is 0 Å². The first kappa shape index (κ1) is 12.6. The van der Waals surface area contributed by atoms with Crippen LogP contribution in [0.5, 0.6) is 0 Å². The second-order valence-electron chi connectivity index (χ2n) is 5.85. The van der Waals surface area contributed by atoms with Crippen molar-refractivity contribution in [3.63, 3.8) is 0 Å². The largest absolute Gasteiger partial charge is 0.316 e. The van der Waals surface area contributed by atoms with Crippen LogP contribution < -0.4 is 5.32 Å². The average molecular weight is 231 g/mol. The minimum atomic E-state index is 0.424. The first-order valence-corrected chi connectivity index (χ1v) is 6.77. The second kappa shape index (κ2) is 4.45. The molecule has 0 aromatic heterocycles. The number of nitrogens with one attached hydrogen (secondary N) is 1. The van der Waals surface area contributed by atoms with Gasteiger partial charge < -0.3 is 5.32 Å². The zero-order valence-corrected chi connectivity index (χ0v) is 11.8. The Morgan fingerprint density at radius 3 is 2.65 bits per heavy atom. The molecule has 17 heavy (non-hydrogen) atoms. The van der Waals surface area contributed by atoms with E-state index in [1.807, 2.05) is 0 Å². The van der Waals surface area contributed by atoms with E-state index in [0.29, 0.717) is 11.5 Å². The maximum atomic E-state index is 3.48. The van der Waals surface area contributed by atoms with Gasteiger partial charge in [-0.3, -0.25) is 0 Å². The molecule has 0 bridgehead atoms.